The van der Waals surface area contributed by atoms with Crippen molar-refractivity contribution >= 4 is 17.3 Å². The number of nitrogens with one attached hydrogen (secondary N) is 1. The van der Waals surface area contributed by atoms with Crippen molar-refractivity contribution in [2.75, 3.05) is 17.7 Å². The Morgan fingerprint density at radius 2 is 1.95 bits per heavy atom. The van der Waals surface area contributed by atoms with Gasteiger partial charge in [-0.3, -0.25) is 4.79 Å². The minimum atomic E-state index is -0.515. The van der Waals surface area contributed by atoms with E-state index in [1.54, 1.807) is 12.1 Å². The van der Waals surface area contributed by atoms with Crippen LogP contribution in [0.3, 0.4) is 0 Å². The Bertz CT molecular complexity index is 573. The summed E-state index contributed by atoms with van der Waals surface area (Å²) < 4.78 is 18.2. The van der Waals surface area contributed by atoms with Gasteiger partial charge in [0.15, 0.2) is 6.61 Å². The second-order valence-corrected chi connectivity index (χ2v) is 3.89. The van der Waals surface area contributed by atoms with Crippen LogP contribution in [-0.4, -0.2) is 12.5 Å². The monoisotopic (exact) mass is 260 g/mol. The molecule has 1 amide bonds. The van der Waals surface area contributed by atoms with Gasteiger partial charge in [0.25, 0.3) is 5.91 Å². The fourth-order valence-corrected chi connectivity index (χ4v) is 1.48. The number of ether oxygens (including phenoxy) is 1. The van der Waals surface area contributed by atoms with Crippen LogP contribution in [0, 0.1) is 5.82 Å². The van der Waals surface area contributed by atoms with Gasteiger partial charge in [-0.1, -0.05) is 18.2 Å². The number of rotatable bonds is 4. The summed E-state index contributed by atoms with van der Waals surface area (Å²) in [5.74, 6) is -0.246. The average Bonchev–Trinajstić information content (AvgIpc) is 2.42. The van der Waals surface area contributed by atoms with Gasteiger partial charge in [-0.05, 0) is 30.3 Å². The molecule has 19 heavy (non-hydrogen) atoms. The van der Waals surface area contributed by atoms with Gasteiger partial charge in [-0.15, -0.1) is 0 Å². The van der Waals surface area contributed by atoms with Gasteiger partial charge in [0.2, 0.25) is 0 Å². The summed E-state index contributed by atoms with van der Waals surface area (Å²) in [5.41, 5.74) is 5.82. The van der Waals surface area contributed by atoms with Crippen LogP contribution in [-0.2, 0) is 4.79 Å². The number of anilines is 2. The molecule has 0 fully saturated rings. The van der Waals surface area contributed by atoms with Crippen LogP contribution in [0.25, 0.3) is 0 Å². The zero-order chi connectivity index (χ0) is 13.7. The molecular formula is C14H13FN2O2. The van der Waals surface area contributed by atoms with Crippen molar-refractivity contribution in [3.63, 3.8) is 0 Å². The maximum Gasteiger partial charge on any atom is 0.262 e. The molecule has 5 heteroatoms. The van der Waals surface area contributed by atoms with Gasteiger partial charge in [-0.2, -0.15) is 0 Å². The van der Waals surface area contributed by atoms with Crippen LogP contribution >= 0.6 is 0 Å². The first kappa shape index (κ1) is 12.9. The molecule has 0 atom stereocenters. The number of hydrogen-bond donors (Lipinski definition) is 2. The van der Waals surface area contributed by atoms with Crippen molar-refractivity contribution in [2.45, 2.75) is 0 Å². The second kappa shape index (κ2) is 5.86. The largest absolute Gasteiger partial charge is 0.484 e. The molecule has 0 aliphatic rings. The number of carbonyl (C=O) groups is 1. The van der Waals surface area contributed by atoms with E-state index in [0.717, 1.165) is 0 Å². The van der Waals surface area contributed by atoms with Crippen LogP contribution in [0.1, 0.15) is 0 Å². The van der Waals surface area contributed by atoms with Crippen LogP contribution in [0.4, 0.5) is 15.8 Å². The van der Waals surface area contributed by atoms with Gasteiger partial charge in [0.05, 0.1) is 5.69 Å². The van der Waals surface area contributed by atoms with Crippen molar-refractivity contribution in [3.8, 4) is 5.75 Å². The number of carbonyl (C=O) groups excluding carboxylic acids is 1. The third kappa shape index (κ3) is 3.70. The zero-order valence-electron chi connectivity index (χ0n) is 10.1. The summed E-state index contributed by atoms with van der Waals surface area (Å²) in [4.78, 5) is 11.6. The van der Waals surface area contributed by atoms with E-state index in [9.17, 15) is 9.18 Å². The Labute approximate surface area is 110 Å². The van der Waals surface area contributed by atoms with Crippen LogP contribution in [0.2, 0.25) is 0 Å². The molecule has 98 valence electrons. The number of halogens is 1. The van der Waals surface area contributed by atoms with Crippen molar-refractivity contribution in [1.29, 1.82) is 0 Å². The van der Waals surface area contributed by atoms with E-state index in [0.29, 0.717) is 11.4 Å². The lowest BCUT2D eigenvalue weighted by atomic mass is 10.2. The molecule has 0 aromatic heterocycles. The normalized spacial score (nSPS) is 9.95. The van der Waals surface area contributed by atoms with E-state index in [-0.39, 0.29) is 18.2 Å². The molecule has 0 heterocycles. The van der Waals surface area contributed by atoms with E-state index in [1.807, 2.05) is 18.2 Å². The first-order valence-corrected chi connectivity index (χ1v) is 5.68. The van der Waals surface area contributed by atoms with Crippen LogP contribution < -0.4 is 15.8 Å². The van der Waals surface area contributed by atoms with Crippen molar-refractivity contribution in [2.24, 2.45) is 0 Å². The van der Waals surface area contributed by atoms with Crippen molar-refractivity contribution < 1.29 is 13.9 Å². The molecule has 2 aromatic carbocycles. The second-order valence-electron chi connectivity index (χ2n) is 3.89. The Morgan fingerprint density at radius 1 is 1.21 bits per heavy atom. The van der Waals surface area contributed by atoms with E-state index < -0.39 is 5.82 Å². The SMILES string of the molecule is Nc1cc(NC(=O)COc2ccccc2)ccc1F. The van der Waals surface area contributed by atoms with Gasteiger partial charge >= 0.3 is 0 Å². The molecule has 4 nitrogen and oxygen atoms in total. The molecule has 0 aliphatic carbocycles. The highest BCUT2D eigenvalue weighted by molar-refractivity contribution is 5.92. The predicted molar refractivity (Wildman–Crippen MR) is 71.4 cm³/mol. The molecule has 0 radical (unpaired) electrons. The Balaban J connectivity index is 1.89. The fourth-order valence-electron chi connectivity index (χ4n) is 1.48. The summed E-state index contributed by atoms with van der Waals surface area (Å²) in [5, 5.41) is 2.57. The molecule has 2 rings (SSSR count). The van der Waals surface area contributed by atoms with Crippen molar-refractivity contribution in [1.82, 2.24) is 0 Å². The minimum Gasteiger partial charge on any atom is -0.484 e. The molecular weight excluding hydrogens is 247 g/mol. The summed E-state index contributed by atoms with van der Waals surface area (Å²) in [6.45, 7) is -0.124. The third-order valence-corrected chi connectivity index (χ3v) is 2.39. The zero-order valence-corrected chi connectivity index (χ0v) is 10.1. The molecule has 0 spiro atoms. The maximum absolute atomic E-state index is 12.9. The van der Waals surface area contributed by atoms with Gasteiger partial charge in [0, 0.05) is 5.69 Å². The molecule has 0 saturated carbocycles. The standard InChI is InChI=1S/C14H13FN2O2/c15-12-7-6-10(8-13(12)16)17-14(18)9-19-11-4-2-1-3-5-11/h1-8H,9,16H2,(H,17,18). The Hall–Kier alpha value is -2.56. The Morgan fingerprint density at radius 3 is 2.63 bits per heavy atom. The summed E-state index contributed by atoms with van der Waals surface area (Å²) in [6, 6.07) is 13.0. The van der Waals surface area contributed by atoms with E-state index in [2.05, 4.69) is 5.32 Å². The molecule has 3 N–H and O–H groups in total. The van der Waals surface area contributed by atoms with Gasteiger partial charge < -0.3 is 15.8 Å². The highest BCUT2D eigenvalue weighted by Crippen LogP contribution is 2.16. The van der Waals surface area contributed by atoms with Crippen LogP contribution in [0.15, 0.2) is 48.5 Å². The molecule has 0 aliphatic heterocycles. The van der Waals surface area contributed by atoms with E-state index >= 15 is 0 Å². The highest BCUT2D eigenvalue weighted by Gasteiger charge is 2.05. The molecule has 2 aromatic rings. The molecule has 0 bridgehead atoms. The summed E-state index contributed by atoms with van der Waals surface area (Å²) in [7, 11) is 0. The topological polar surface area (TPSA) is 64.3 Å². The van der Waals surface area contributed by atoms with Crippen LogP contribution in [0.5, 0.6) is 5.75 Å². The van der Waals surface area contributed by atoms with Gasteiger partial charge in [0.1, 0.15) is 11.6 Å². The first-order chi connectivity index (χ1) is 9.15. The minimum absolute atomic E-state index is 0.0122. The lowest BCUT2D eigenvalue weighted by Crippen LogP contribution is -2.20. The number of hydrogen-bond acceptors (Lipinski definition) is 3. The number of nitrogens with two attached hydrogens (primary N) is 1. The lowest BCUT2D eigenvalue weighted by Gasteiger charge is -2.08. The smallest absolute Gasteiger partial charge is 0.262 e. The average molecular weight is 260 g/mol. The Kier molecular flexibility index (Phi) is 3.97. The highest BCUT2D eigenvalue weighted by atomic mass is 19.1. The van der Waals surface area contributed by atoms with E-state index in [4.69, 9.17) is 10.5 Å². The quantitative estimate of drug-likeness (QED) is 0.830. The first-order valence-electron chi connectivity index (χ1n) is 5.68. The number of para-hydroxylation sites is 1. The van der Waals surface area contributed by atoms with E-state index in [1.165, 1.54) is 18.2 Å². The lowest BCUT2D eigenvalue weighted by molar-refractivity contribution is -0.118. The van der Waals surface area contributed by atoms with Crippen molar-refractivity contribution in [3.05, 3.63) is 54.3 Å². The van der Waals surface area contributed by atoms with Gasteiger partial charge in [-0.25, -0.2) is 4.39 Å². The predicted octanol–water partition coefficient (Wildman–Crippen LogP) is 2.43. The summed E-state index contributed by atoms with van der Waals surface area (Å²) >= 11 is 0. The fraction of sp³-hybridized carbons (Fsp3) is 0.0714. The summed E-state index contributed by atoms with van der Waals surface area (Å²) in [6.07, 6.45) is 0. The number of nitrogen functional groups attached to an aromatic ring is 1. The maximum atomic E-state index is 12.9. The number of benzene rings is 2. The third-order valence-electron chi connectivity index (χ3n) is 2.39. The molecule has 0 saturated heterocycles. The molecule has 0 unspecified atom stereocenters. The number of amides is 1.